The maximum atomic E-state index is 9.01. The van der Waals surface area contributed by atoms with Crippen LogP contribution in [0.25, 0.3) is 0 Å². The Bertz CT molecular complexity index is 522. The first-order valence-electron chi connectivity index (χ1n) is 4.96. The van der Waals surface area contributed by atoms with Crippen LogP contribution >= 0.6 is 0 Å². The van der Waals surface area contributed by atoms with Gasteiger partial charge in [0.2, 0.25) is 0 Å². The molecule has 0 aliphatic rings. The quantitative estimate of drug-likeness (QED) is 0.786. The fourth-order valence-corrected chi connectivity index (χ4v) is 1.40. The summed E-state index contributed by atoms with van der Waals surface area (Å²) in [6.07, 6.45) is 0.399. The molecule has 4 heteroatoms. The Kier molecular flexibility index (Phi) is 4.31. The van der Waals surface area contributed by atoms with Crippen molar-refractivity contribution in [2.75, 3.05) is 0 Å². The van der Waals surface area contributed by atoms with Gasteiger partial charge in [-0.1, -0.05) is 30.3 Å². The Morgan fingerprint density at radius 1 is 1.12 bits per heavy atom. The molecule has 1 rings (SSSR count). The van der Waals surface area contributed by atoms with E-state index < -0.39 is 5.92 Å². The van der Waals surface area contributed by atoms with Gasteiger partial charge in [-0.3, -0.25) is 0 Å². The van der Waals surface area contributed by atoms with Gasteiger partial charge in [0.05, 0.1) is 17.7 Å². The predicted molar refractivity (Wildman–Crippen MR) is 61.7 cm³/mol. The summed E-state index contributed by atoms with van der Waals surface area (Å²) in [5.74, 6) is -0.647. The zero-order valence-corrected chi connectivity index (χ0v) is 9.09. The third kappa shape index (κ3) is 3.09. The number of nitriles is 3. The molecule has 2 N–H and O–H groups in total. The van der Waals surface area contributed by atoms with E-state index in [-0.39, 0.29) is 11.3 Å². The zero-order chi connectivity index (χ0) is 12.7. The van der Waals surface area contributed by atoms with Crippen molar-refractivity contribution < 1.29 is 0 Å². The summed E-state index contributed by atoms with van der Waals surface area (Å²) in [7, 11) is 0. The fraction of sp³-hybridized carbons (Fsp3) is 0.154. The van der Waals surface area contributed by atoms with Crippen molar-refractivity contribution in [2.24, 2.45) is 11.7 Å². The molecule has 82 valence electrons. The lowest BCUT2D eigenvalue weighted by Crippen LogP contribution is -2.15. The second kappa shape index (κ2) is 5.95. The van der Waals surface area contributed by atoms with Gasteiger partial charge in [0.1, 0.15) is 17.7 Å². The van der Waals surface area contributed by atoms with E-state index in [0.29, 0.717) is 6.42 Å². The van der Waals surface area contributed by atoms with Crippen molar-refractivity contribution in [1.29, 1.82) is 15.8 Å². The van der Waals surface area contributed by atoms with Crippen LogP contribution in [-0.2, 0) is 6.42 Å². The van der Waals surface area contributed by atoms with Gasteiger partial charge >= 0.3 is 0 Å². The highest BCUT2D eigenvalue weighted by atomic mass is 14.6. The van der Waals surface area contributed by atoms with Crippen molar-refractivity contribution in [2.45, 2.75) is 6.42 Å². The number of benzene rings is 1. The molecule has 0 aromatic heterocycles. The highest BCUT2D eigenvalue weighted by Gasteiger charge is 2.16. The highest BCUT2D eigenvalue weighted by Crippen LogP contribution is 2.15. The van der Waals surface area contributed by atoms with E-state index >= 15 is 0 Å². The van der Waals surface area contributed by atoms with Crippen LogP contribution < -0.4 is 5.73 Å². The number of allylic oxidation sites excluding steroid dienone is 2. The van der Waals surface area contributed by atoms with E-state index in [1.165, 1.54) is 0 Å². The Morgan fingerprint density at radius 2 is 1.71 bits per heavy atom. The average Bonchev–Trinajstić information content (AvgIpc) is 2.38. The van der Waals surface area contributed by atoms with Gasteiger partial charge in [-0.2, -0.15) is 15.8 Å². The van der Waals surface area contributed by atoms with Crippen molar-refractivity contribution >= 4 is 0 Å². The highest BCUT2D eigenvalue weighted by molar-refractivity contribution is 5.41. The smallest absolute Gasteiger partial charge is 0.149 e. The molecule has 0 aliphatic heterocycles. The Labute approximate surface area is 99.8 Å². The standard InChI is InChI=1S/C13H10N4/c14-7-11(13(17)12(8-15)9-16)6-10-4-2-1-3-5-10/h1-5,11H,6,17H2/t11-/m1/s1. The minimum atomic E-state index is -0.647. The maximum Gasteiger partial charge on any atom is 0.149 e. The molecule has 0 saturated carbocycles. The minimum absolute atomic E-state index is 0.0429. The van der Waals surface area contributed by atoms with Crippen LogP contribution in [0.4, 0.5) is 0 Å². The third-order valence-electron chi connectivity index (χ3n) is 2.33. The van der Waals surface area contributed by atoms with Crippen LogP contribution in [0.2, 0.25) is 0 Å². The first-order chi connectivity index (χ1) is 8.22. The molecule has 4 nitrogen and oxygen atoms in total. The van der Waals surface area contributed by atoms with E-state index in [1.54, 1.807) is 12.1 Å². The Balaban J connectivity index is 2.97. The van der Waals surface area contributed by atoms with Gasteiger partial charge in [0, 0.05) is 0 Å². The number of hydrogen-bond donors (Lipinski definition) is 1. The largest absolute Gasteiger partial charge is 0.399 e. The van der Waals surface area contributed by atoms with Gasteiger partial charge in [0.15, 0.2) is 0 Å². The molecule has 0 bridgehead atoms. The van der Waals surface area contributed by atoms with Gasteiger partial charge in [-0.25, -0.2) is 0 Å². The molecule has 0 amide bonds. The van der Waals surface area contributed by atoms with Gasteiger partial charge in [0.25, 0.3) is 0 Å². The Hall–Kier alpha value is -2.77. The van der Waals surface area contributed by atoms with E-state index in [2.05, 4.69) is 0 Å². The second-order valence-electron chi connectivity index (χ2n) is 3.43. The fourth-order valence-electron chi connectivity index (χ4n) is 1.40. The molecule has 1 aromatic rings. The van der Waals surface area contributed by atoms with E-state index in [4.69, 9.17) is 21.5 Å². The summed E-state index contributed by atoms with van der Waals surface area (Å²) in [5, 5.41) is 26.4. The third-order valence-corrected chi connectivity index (χ3v) is 2.33. The molecule has 0 fully saturated rings. The van der Waals surface area contributed by atoms with Crippen molar-refractivity contribution in [3.05, 3.63) is 47.2 Å². The van der Waals surface area contributed by atoms with Gasteiger partial charge in [-0.15, -0.1) is 0 Å². The molecule has 0 saturated heterocycles. The molecule has 0 aliphatic carbocycles. The normalized spacial score (nSPS) is 10.4. The van der Waals surface area contributed by atoms with Crippen LogP contribution in [0.5, 0.6) is 0 Å². The van der Waals surface area contributed by atoms with E-state index in [0.717, 1.165) is 5.56 Å². The molecular formula is C13H10N4. The number of nitrogens with two attached hydrogens (primary N) is 1. The van der Waals surface area contributed by atoms with Crippen LogP contribution in [0.15, 0.2) is 41.6 Å². The molecule has 0 heterocycles. The van der Waals surface area contributed by atoms with Crippen LogP contribution in [0.3, 0.4) is 0 Å². The first kappa shape index (κ1) is 12.3. The van der Waals surface area contributed by atoms with Gasteiger partial charge < -0.3 is 5.73 Å². The Morgan fingerprint density at radius 3 is 2.18 bits per heavy atom. The van der Waals surface area contributed by atoms with Crippen molar-refractivity contribution in [3.8, 4) is 18.2 Å². The second-order valence-corrected chi connectivity index (χ2v) is 3.43. The van der Waals surface area contributed by atoms with E-state index in [1.807, 2.05) is 36.4 Å². The molecule has 1 aromatic carbocycles. The molecule has 0 unspecified atom stereocenters. The van der Waals surface area contributed by atoms with Crippen molar-refractivity contribution in [1.82, 2.24) is 0 Å². The van der Waals surface area contributed by atoms with Gasteiger partial charge in [-0.05, 0) is 12.0 Å². The topological polar surface area (TPSA) is 97.4 Å². The molecule has 1 atom stereocenters. The molecule has 17 heavy (non-hydrogen) atoms. The molecule has 0 radical (unpaired) electrons. The van der Waals surface area contributed by atoms with Crippen molar-refractivity contribution in [3.63, 3.8) is 0 Å². The predicted octanol–water partition coefficient (Wildman–Crippen LogP) is 1.63. The number of hydrogen-bond acceptors (Lipinski definition) is 4. The summed E-state index contributed by atoms with van der Waals surface area (Å²) in [6.45, 7) is 0. The lowest BCUT2D eigenvalue weighted by molar-refractivity contribution is 0.753. The van der Waals surface area contributed by atoms with Crippen LogP contribution in [0.1, 0.15) is 5.56 Å². The summed E-state index contributed by atoms with van der Waals surface area (Å²) >= 11 is 0. The minimum Gasteiger partial charge on any atom is -0.399 e. The zero-order valence-electron chi connectivity index (χ0n) is 9.09. The number of rotatable bonds is 3. The first-order valence-corrected chi connectivity index (χ1v) is 4.96. The SMILES string of the molecule is N#CC(C#N)=C(N)[C@@H](C#N)Cc1ccccc1. The maximum absolute atomic E-state index is 9.01. The lowest BCUT2D eigenvalue weighted by atomic mass is 9.95. The summed E-state index contributed by atoms with van der Waals surface area (Å²) in [6, 6.07) is 14.7. The molecular weight excluding hydrogens is 212 g/mol. The monoisotopic (exact) mass is 222 g/mol. The average molecular weight is 222 g/mol. The van der Waals surface area contributed by atoms with E-state index in [9.17, 15) is 0 Å². The van der Waals surface area contributed by atoms with Crippen LogP contribution in [-0.4, -0.2) is 0 Å². The van der Waals surface area contributed by atoms with Crippen LogP contribution in [0, 0.1) is 39.9 Å². The summed E-state index contributed by atoms with van der Waals surface area (Å²) < 4.78 is 0. The molecule has 0 spiro atoms. The summed E-state index contributed by atoms with van der Waals surface area (Å²) in [4.78, 5) is 0. The summed E-state index contributed by atoms with van der Waals surface area (Å²) in [5.41, 5.74) is 6.45. The lowest BCUT2D eigenvalue weighted by Gasteiger charge is -2.09. The number of nitrogens with zero attached hydrogens (tertiary/aromatic N) is 3.